The van der Waals surface area contributed by atoms with Crippen molar-refractivity contribution in [3.05, 3.63) is 27.5 Å². The highest BCUT2D eigenvalue weighted by Gasteiger charge is 2.10. The minimum absolute atomic E-state index is 0.0165. The van der Waals surface area contributed by atoms with E-state index in [1.54, 1.807) is 12.1 Å². The molecule has 0 bridgehead atoms. The van der Waals surface area contributed by atoms with Crippen molar-refractivity contribution in [3.8, 4) is 0 Å². The monoisotopic (exact) mass is 291 g/mol. The zero-order chi connectivity index (χ0) is 12.4. The van der Waals surface area contributed by atoms with Gasteiger partial charge in [0.25, 0.3) is 0 Å². The lowest BCUT2D eigenvalue weighted by molar-refractivity contribution is 0.311. The average Bonchev–Trinajstić information content (AvgIpc) is 2.27. The van der Waals surface area contributed by atoms with Gasteiger partial charge in [-0.2, -0.15) is 0 Å². The Balaban J connectivity index is 2.64. The summed E-state index contributed by atoms with van der Waals surface area (Å²) < 4.78 is 0. The molecule has 0 radical (unpaired) electrons. The van der Waals surface area contributed by atoms with E-state index < -0.39 is 0 Å². The highest BCUT2D eigenvalue weighted by Crippen LogP contribution is 2.31. The number of aliphatic hydroxyl groups is 1. The highest BCUT2D eigenvalue weighted by molar-refractivity contribution is 6.39. The minimum Gasteiger partial charge on any atom is -0.395 e. The standard InChI is InChI=1S/C10H8Cl3N3O/c11-5-3-6-8(7(12)4-5)15-10(13)16-9(6)14-1-2-17/h3-4,17H,1-2H2,(H,14,15,16). The van der Waals surface area contributed by atoms with Crippen LogP contribution in [0.15, 0.2) is 12.1 Å². The summed E-state index contributed by atoms with van der Waals surface area (Å²) in [6, 6.07) is 3.28. The van der Waals surface area contributed by atoms with E-state index in [-0.39, 0.29) is 11.9 Å². The van der Waals surface area contributed by atoms with Crippen molar-refractivity contribution in [2.45, 2.75) is 0 Å². The van der Waals surface area contributed by atoms with Crippen LogP contribution < -0.4 is 5.32 Å². The Morgan fingerprint density at radius 1 is 1.18 bits per heavy atom. The number of anilines is 1. The SMILES string of the molecule is OCCNc1nc(Cl)nc2c(Cl)cc(Cl)cc12. The molecule has 0 aliphatic heterocycles. The van der Waals surface area contributed by atoms with E-state index in [1.807, 2.05) is 0 Å². The number of hydrogen-bond acceptors (Lipinski definition) is 4. The molecule has 1 aromatic heterocycles. The third-order valence-corrected chi connectivity index (χ3v) is 2.77. The first kappa shape index (κ1) is 12.6. The summed E-state index contributed by atoms with van der Waals surface area (Å²) in [5, 5.41) is 13.4. The van der Waals surface area contributed by atoms with Gasteiger partial charge < -0.3 is 10.4 Å². The number of aromatic nitrogens is 2. The van der Waals surface area contributed by atoms with Crippen LogP contribution in [0.3, 0.4) is 0 Å². The number of rotatable bonds is 3. The molecule has 0 saturated heterocycles. The molecule has 4 nitrogen and oxygen atoms in total. The quantitative estimate of drug-likeness (QED) is 0.854. The number of halogens is 3. The van der Waals surface area contributed by atoms with Gasteiger partial charge in [0.15, 0.2) is 0 Å². The van der Waals surface area contributed by atoms with Gasteiger partial charge in [0.2, 0.25) is 5.28 Å². The minimum atomic E-state index is -0.0165. The maximum atomic E-state index is 8.79. The maximum absolute atomic E-state index is 8.79. The molecular weight excluding hydrogens is 284 g/mol. The second-order valence-corrected chi connectivity index (χ2v) is 4.46. The van der Waals surface area contributed by atoms with Gasteiger partial charge in [0.05, 0.1) is 17.1 Å². The van der Waals surface area contributed by atoms with Crippen LogP contribution in [-0.2, 0) is 0 Å². The summed E-state index contributed by atoms with van der Waals surface area (Å²) in [6.45, 7) is 0.337. The van der Waals surface area contributed by atoms with Crippen LogP contribution in [0.25, 0.3) is 10.9 Å². The van der Waals surface area contributed by atoms with E-state index in [2.05, 4.69) is 15.3 Å². The van der Waals surface area contributed by atoms with E-state index in [4.69, 9.17) is 39.9 Å². The van der Waals surface area contributed by atoms with Gasteiger partial charge in [-0.25, -0.2) is 9.97 Å². The van der Waals surface area contributed by atoms with Gasteiger partial charge in [0, 0.05) is 17.0 Å². The third-order valence-electron chi connectivity index (χ3n) is 2.10. The van der Waals surface area contributed by atoms with Crippen LogP contribution in [0.1, 0.15) is 0 Å². The molecule has 2 N–H and O–H groups in total. The fourth-order valence-electron chi connectivity index (χ4n) is 1.44. The molecule has 7 heteroatoms. The van der Waals surface area contributed by atoms with Crippen molar-refractivity contribution in [3.63, 3.8) is 0 Å². The van der Waals surface area contributed by atoms with Crippen molar-refractivity contribution in [2.75, 3.05) is 18.5 Å². The van der Waals surface area contributed by atoms with Crippen LogP contribution in [-0.4, -0.2) is 28.2 Å². The molecule has 2 rings (SSSR count). The second-order valence-electron chi connectivity index (χ2n) is 3.28. The Hall–Kier alpha value is -0.810. The first-order valence-electron chi connectivity index (χ1n) is 4.79. The average molecular weight is 293 g/mol. The molecule has 1 aromatic carbocycles. The highest BCUT2D eigenvalue weighted by atomic mass is 35.5. The predicted molar refractivity (Wildman–Crippen MR) is 70.1 cm³/mol. The number of nitrogens with one attached hydrogen (secondary N) is 1. The van der Waals surface area contributed by atoms with E-state index in [9.17, 15) is 0 Å². The van der Waals surface area contributed by atoms with Crippen LogP contribution >= 0.6 is 34.8 Å². The van der Waals surface area contributed by atoms with Gasteiger partial charge in [0.1, 0.15) is 5.82 Å². The summed E-state index contributed by atoms with van der Waals surface area (Å²) in [5.74, 6) is 0.499. The van der Waals surface area contributed by atoms with E-state index in [0.717, 1.165) is 0 Å². The Labute approximate surface area is 113 Å². The number of nitrogens with zero attached hydrogens (tertiary/aromatic N) is 2. The number of aliphatic hydroxyl groups excluding tert-OH is 1. The Bertz CT molecular complexity index is 562. The Morgan fingerprint density at radius 2 is 1.94 bits per heavy atom. The largest absolute Gasteiger partial charge is 0.395 e. The lowest BCUT2D eigenvalue weighted by atomic mass is 10.2. The van der Waals surface area contributed by atoms with E-state index in [1.165, 1.54) is 0 Å². The zero-order valence-corrected chi connectivity index (χ0v) is 10.8. The first-order valence-corrected chi connectivity index (χ1v) is 5.92. The Morgan fingerprint density at radius 3 is 2.65 bits per heavy atom. The fourth-order valence-corrected chi connectivity index (χ4v) is 2.14. The molecule has 2 aromatic rings. The number of hydrogen-bond donors (Lipinski definition) is 2. The molecule has 0 unspecified atom stereocenters. The zero-order valence-electron chi connectivity index (χ0n) is 8.54. The Kier molecular flexibility index (Phi) is 3.89. The molecular formula is C10H8Cl3N3O. The van der Waals surface area contributed by atoms with Crippen molar-refractivity contribution in [1.82, 2.24) is 9.97 Å². The molecule has 0 spiro atoms. The molecule has 90 valence electrons. The number of benzene rings is 1. The van der Waals surface area contributed by atoms with Gasteiger partial charge in [-0.05, 0) is 23.7 Å². The van der Waals surface area contributed by atoms with E-state index in [0.29, 0.717) is 33.3 Å². The normalized spacial score (nSPS) is 10.8. The van der Waals surface area contributed by atoms with Gasteiger partial charge in [-0.1, -0.05) is 23.2 Å². The predicted octanol–water partition coefficient (Wildman–Crippen LogP) is 2.99. The van der Waals surface area contributed by atoms with E-state index >= 15 is 0 Å². The smallest absolute Gasteiger partial charge is 0.224 e. The fraction of sp³-hybridized carbons (Fsp3) is 0.200. The van der Waals surface area contributed by atoms with Crippen molar-refractivity contribution >= 4 is 51.5 Å². The van der Waals surface area contributed by atoms with Crippen LogP contribution in [0.2, 0.25) is 15.3 Å². The maximum Gasteiger partial charge on any atom is 0.224 e. The lowest BCUT2D eigenvalue weighted by Crippen LogP contribution is -2.08. The number of fused-ring (bicyclic) bond motifs is 1. The van der Waals surface area contributed by atoms with Crippen LogP contribution in [0.5, 0.6) is 0 Å². The lowest BCUT2D eigenvalue weighted by Gasteiger charge is -2.09. The molecule has 0 saturated carbocycles. The van der Waals surface area contributed by atoms with Crippen molar-refractivity contribution < 1.29 is 5.11 Å². The van der Waals surface area contributed by atoms with Gasteiger partial charge >= 0.3 is 0 Å². The molecule has 0 fully saturated rings. The molecule has 0 aliphatic rings. The first-order chi connectivity index (χ1) is 8.11. The summed E-state index contributed by atoms with van der Waals surface area (Å²) in [5.41, 5.74) is 0.525. The van der Waals surface area contributed by atoms with Gasteiger partial charge in [-0.15, -0.1) is 0 Å². The third kappa shape index (κ3) is 2.72. The van der Waals surface area contributed by atoms with Crippen LogP contribution in [0, 0.1) is 0 Å². The topological polar surface area (TPSA) is 58.0 Å². The summed E-state index contributed by atoms with van der Waals surface area (Å²) in [7, 11) is 0. The molecule has 0 amide bonds. The molecule has 0 aliphatic carbocycles. The summed E-state index contributed by atoms with van der Waals surface area (Å²) in [4.78, 5) is 8.08. The van der Waals surface area contributed by atoms with Gasteiger partial charge in [-0.3, -0.25) is 0 Å². The molecule has 0 atom stereocenters. The second kappa shape index (κ2) is 5.23. The molecule has 1 heterocycles. The van der Waals surface area contributed by atoms with Crippen LogP contribution in [0.4, 0.5) is 5.82 Å². The summed E-state index contributed by atoms with van der Waals surface area (Å²) in [6.07, 6.45) is 0. The van der Waals surface area contributed by atoms with Crippen molar-refractivity contribution in [2.24, 2.45) is 0 Å². The van der Waals surface area contributed by atoms with Crippen molar-refractivity contribution in [1.29, 1.82) is 0 Å². The summed E-state index contributed by atoms with van der Waals surface area (Å²) >= 11 is 17.7. The molecule has 17 heavy (non-hydrogen) atoms.